The molecule has 1 fully saturated rings. The van der Waals surface area contributed by atoms with E-state index in [0.29, 0.717) is 13.0 Å². The lowest BCUT2D eigenvalue weighted by atomic mass is 10.1. The maximum Gasteiger partial charge on any atom is 0.237 e. The summed E-state index contributed by atoms with van der Waals surface area (Å²) in [4.78, 5) is 13.9. The van der Waals surface area contributed by atoms with Gasteiger partial charge < -0.3 is 11.1 Å². The smallest absolute Gasteiger partial charge is 0.237 e. The Labute approximate surface area is 106 Å². The van der Waals surface area contributed by atoms with E-state index >= 15 is 0 Å². The van der Waals surface area contributed by atoms with E-state index in [9.17, 15) is 9.18 Å². The number of hydrogen-bond acceptors (Lipinski definition) is 3. The number of halogens is 1. The molecular formula is C13H18FN3O. The van der Waals surface area contributed by atoms with E-state index in [-0.39, 0.29) is 23.8 Å². The normalized spacial score (nSPS) is 24.2. The number of carbonyl (C=O) groups is 1. The van der Waals surface area contributed by atoms with E-state index in [1.165, 1.54) is 12.1 Å². The van der Waals surface area contributed by atoms with Crippen LogP contribution >= 0.6 is 0 Å². The number of carbonyl (C=O) groups excluding carboxylic acids is 1. The third kappa shape index (κ3) is 3.05. The van der Waals surface area contributed by atoms with Gasteiger partial charge in [-0.3, -0.25) is 9.69 Å². The maximum absolute atomic E-state index is 12.7. The molecule has 18 heavy (non-hydrogen) atoms. The quantitative estimate of drug-likeness (QED) is 0.821. The average molecular weight is 251 g/mol. The highest BCUT2D eigenvalue weighted by Crippen LogP contribution is 2.14. The monoisotopic (exact) mass is 251 g/mol. The number of nitrogens with two attached hydrogens (primary N) is 1. The van der Waals surface area contributed by atoms with Crippen LogP contribution in [0, 0.1) is 5.82 Å². The molecule has 1 aromatic rings. The molecule has 0 aliphatic carbocycles. The number of amides is 1. The standard InChI is InChI=1S/C13H18FN3O/c1-17-8-11(15)6-12(17)13(18)16-7-9-2-4-10(14)5-3-9/h2-5,11-12H,6-8,15H2,1H3,(H,16,18). The molecule has 2 unspecified atom stereocenters. The molecule has 1 amide bonds. The van der Waals surface area contributed by atoms with E-state index in [1.807, 2.05) is 11.9 Å². The van der Waals surface area contributed by atoms with Gasteiger partial charge in [0.15, 0.2) is 0 Å². The van der Waals surface area contributed by atoms with Crippen LogP contribution in [0.3, 0.4) is 0 Å². The Morgan fingerprint density at radius 2 is 2.17 bits per heavy atom. The Kier molecular flexibility index (Phi) is 3.93. The zero-order chi connectivity index (χ0) is 13.1. The Morgan fingerprint density at radius 3 is 2.72 bits per heavy atom. The fourth-order valence-corrected chi connectivity index (χ4v) is 2.25. The molecule has 5 heteroatoms. The summed E-state index contributed by atoms with van der Waals surface area (Å²) in [5.41, 5.74) is 6.70. The van der Waals surface area contributed by atoms with Crippen molar-refractivity contribution in [1.82, 2.24) is 10.2 Å². The van der Waals surface area contributed by atoms with Crippen molar-refractivity contribution in [2.75, 3.05) is 13.6 Å². The van der Waals surface area contributed by atoms with Crippen molar-refractivity contribution in [2.24, 2.45) is 5.73 Å². The summed E-state index contributed by atoms with van der Waals surface area (Å²) in [6, 6.07) is 6.02. The van der Waals surface area contributed by atoms with Gasteiger partial charge >= 0.3 is 0 Å². The topological polar surface area (TPSA) is 58.4 Å². The van der Waals surface area contributed by atoms with Crippen LogP contribution in [0.5, 0.6) is 0 Å². The van der Waals surface area contributed by atoms with Crippen LogP contribution in [0.25, 0.3) is 0 Å². The first-order valence-corrected chi connectivity index (χ1v) is 6.04. The maximum atomic E-state index is 12.7. The van der Waals surface area contributed by atoms with Gasteiger partial charge in [-0.25, -0.2) is 4.39 Å². The molecule has 4 nitrogen and oxygen atoms in total. The molecule has 0 radical (unpaired) electrons. The third-order valence-corrected chi connectivity index (χ3v) is 3.26. The van der Waals surface area contributed by atoms with Gasteiger partial charge in [-0.2, -0.15) is 0 Å². The highest BCUT2D eigenvalue weighted by molar-refractivity contribution is 5.82. The van der Waals surface area contributed by atoms with E-state index in [0.717, 1.165) is 12.1 Å². The van der Waals surface area contributed by atoms with Crippen molar-refractivity contribution in [1.29, 1.82) is 0 Å². The zero-order valence-corrected chi connectivity index (χ0v) is 10.4. The number of hydrogen-bond donors (Lipinski definition) is 2. The molecule has 1 heterocycles. The first-order valence-electron chi connectivity index (χ1n) is 6.04. The Hall–Kier alpha value is -1.46. The van der Waals surface area contributed by atoms with Crippen molar-refractivity contribution in [3.8, 4) is 0 Å². The lowest BCUT2D eigenvalue weighted by Crippen LogP contribution is -2.41. The average Bonchev–Trinajstić information content (AvgIpc) is 2.67. The van der Waals surface area contributed by atoms with Gasteiger partial charge in [-0.15, -0.1) is 0 Å². The minimum atomic E-state index is -0.272. The fourth-order valence-electron chi connectivity index (χ4n) is 2.25. The molecule has 98 valence electrons. The van der Waals surface area contributed by atoms with Crippen LogP contribution in [0.1, 0.15) is 12.0 Å². The molecule has 1 aliphatic heterocycles. The van der Waals surface area contributed by atoms with Crippen LogP contribution < -0.4 is 11.1 Å². The minimum Gasteiger partial charge on any atom is -0.351 e. The predicted molar refractivity (Wildman–Crippen MR) is 67.3 cm³/mol. The number of benzene rings is 1. The van der Waals surface area contributed by atoms with Crippen LogP contribution in [0.4, 0.5) is 4.39 Å². The summed E-state index contributed by atoms with van der Waals surface area (Å²) in [6.45, 7) is 1.16. The molecule has 1 saturated heterocycles. The van der Waals surface area contributed by atoms with Crippen LogP contribution in [0.2, 0.25) is 0 Å². The first-order chi connectivity index (χ1) is 8.56. The van der Waals surface area contributed by atoms with Crippen LogP contribution in [-0.4, -0.2) is 36.5 Å². The summed E-state index contributed by atoms with van der Waals surface area (Å²) in [5, 5.41) is 2.85. The van der Waals surface area contributed by atoms with Gasteiger partial charge in [0, 0.05) is 19.1 Å². The molecule has 1 aromatic carbocycles. The lowest BCUT2D eigenvalue weighted by Gasteiger charge is -2.18. The number of likely N-dealkylation sites (tertiary alicyclic amines) is 1. The number of rotatable bonds is 3. The van der Waals surface area contributed by atoms with Gasteiger partial charge in [0.2, 0.25) is 5.91 Å². The SMILES string of the molecule is CN1CC(N)CC1C(=O)NCc1ccc(F)cc1. The molecule has 0 spiro atoms. The summed E-state index contributed by atoms with van der Waals surface area (Å²) < 4.78 is 12.7. The highest BCUT2D eigenvalue weighted by atomic mass is 19.1. The number of nitrogens with one attached hydrogen (secondary N) is 1. The van der Waals surface area contributed by atoms with Gasteiger partial charge in [0.1, 0.15) is 5.82 Å². The second-order valence-corrected chi connectivity index (χ2v) is 4.80. The molecule has 1 aliphatic rings. The summed E-state index contributed by atoms with van der Waals surface area (Å²) >= 11 is 0. The van der Waals surface area contributed by atoms with Gasteiger partial charge in [-0.1, -0.05) is 12.1 Å². The Balaban J connectivity index is 1.86. The lowest BCUT2D eigenvalue weighted by molar-refractivity contribution is -0.125. The van der Waals surface area contributed by atoms with E-state index in [2.05, 4.69) is 5.32 Å². The Bertz CT molecular complexity index is 421. The third-order valence-electron chi connectivity index (χ3n) is 3.26. The zero-order valence-electron chi connectivity index (χ0n) is 10.4. The molecule has 0 saturated carbocycles. The van der Waals surface area contributed by atoms with E-state index in [1.54, 1.807) is 12.1 Å². The summed E-state index contributed by atoms with van der Waals surface area (Å²) in [5.74, 6) is -0.290. The fraction of sp³-hybridized carbons (Fsp3) is 0.462. The van der Waals surface area contributed by atoms with Crippen LogP contribution in [0.15, 0.2) is 24.3 Å². The molecule has 3 N–H and O–H groups in total. The van der Waals surface area contributed by atoms with E-state index < -0.39 is 0 Å². The van der Waals surface area contributed by atoms with Gasteiger partial charge in [0.25, 0.3) is 0 Å². The second kappa shape index (κ2) is 5.46. The molecule has 0 aromatic heterocycles. The van der Waals surface area contributed by atoms with E-state index in [4.69, 9.17) is 5.73 Å². The first kappa shape index (κ1) is 13.0. The van der Waals surface area contributed by atoms with Crippen molar-refractivity contribution < 1.29 is 9.18 Å². The van der Waals surface area contributed by atoms with Crippen molar-refractivity contribution in [3.05, 3.63) is 35.6 Å². The molecule has 2 rings (SSSR count). The molecular weight excluding hydrogens is 233 g/mol. The molecule has 0 bridgehead atoms. The number of nitrogens with zero attached hydrogens (tertiary/aromatic N) is 1. The largest absolute Gasteiger partial charge is 0.351 e. The number of likely N-dealkylation sites (N-methyl/N-ethyl adjacent to an activating group) is 1. The van der Waals surface area contributed by atoms with Crippen molar-refractivity contribution in [2.45, 2.75) is 25.0 Å². The highest BCUT2D eigenvalue weighted by Gasteiger charge is 2.32. The van der Waals surface area contributed by atoms with Crippen molar-refractivity contribution >= 4 is 5.91 Å². The van der Waals surface area contributed by atoms with Crippen LogP contribution in [-0.2, 0) is 11.3 Å². The van der Waals surface area contributed by atoms with Gasteiger partial charge in [-0.05, 0) is 31.2 Å². The summed E-state index contributed by atoms with van der Waals surface area (Å²) in [6.07, 6.45) is 0.686. The second-order valence-electron chi connectivity index (χ2n) is 4.80. The molecule has 2 atom stereocenters. The van der Waals surface area contributed by atoms with Gasteiger partial charge in [0.05, 0.1) is 6.04 Å². The summed E-state index contributed by atoms with van der Waals surface area (Å²) in [7, 11) is 1.90. The van der Waals surface area contributed by atoms with Crippen molar-refractivity contribution in [3.63, 3.8) is 0 Å². The minimum absolute atomic E-state index is 0.0187. The Morgan fingerprint density at radius 1 is 1.50 bits per heavy atom. The predicted octanol–water partition coefficient (Wildman–Crippen LogP) is 0.473.